The third-order valence-corrected chi connectivity index (χ3v) is 6.30. The first-order valence-corrected chi connectivity index (χ1v) is 10.3. The summed E-state index contributed by atoms with van der Waals surface area (Å²) in [5.41, 5.74) is 3.56. The lowest BCUT2D eigenvalue weighted by atomic mass is 10.0. The molecule has 1 saturated heterocycles. The van der Waals surface area contributed by atoms with Gasteiger partial charge in [0.15, 0.2) is 0 Å². The Morgan fingerprint density at radius 3 is 2.54 bits per heavy atom. The van der Waals surface area contributed by atoms with Crippen LogP contribution in [0.5, 0.6) is 0 Å². The molecule has 5 rings (SSSR count). The van der Waals surface area contributed by atoms with Crippen LogP contribution in [0.25, 0.3) is 10.9 Å². The largest absolute Gasteiger partial charge is 0.350 e. The van der Waals surface area contributed by atoms with Crippen molar-refractivity contribution in [2.45, 2.75) is 31.3 Å². The average molecular weight is 374 g/mol. The number of fused-ring (bicyclic) bond motifs is 1. The van der Waals surface area contributed by atoms with Crippen LogP contribution in [0.2, 0.25) is 0 Å². The Morgan fingerprint density at radius 1 is 1.00 bits per heavy atom. The Kier molecular flexibility index (Phi) is 4.44. The Bertz CT molecular complexity index is 990. The lowest BCUT2D eigenvalue weighted by molar-refractivity contribution is -0.135. The van der Waals surface area contributed by atoms with E-state index in [-0.39, 0.29) is 11.9 Å². The van der Waals surface area contributed by atoms with Crippen molar-refractivity contribution in [2.24, 2.45) is 7.05 Å². The number of aryl methyl sites for hydroxylation is 1. The van der Waals surface area contributed by atoms with E-state index in [4.69, 9.17) is 0 Å². The van der Waals surface area contributed by atoms with Crippen LogP contribution >= 0.6 is 0 Å². The molecule has 2 heterocycles. The first-order chi connectivity index (χ1) is 13.7. The summed E-state index contributed by atoms with van der Waals surface area (Å²) < 4.78 is 2.12. The zero-order valence-corrected chi connectivity index (χ0v) is 16.4. The van der Waals surface area contributed by atoms with Crippen molar-refractivity contribution in [3.05, 3.63) is 71.9 Å². The van der Waals surface area contributed by atoms with E-state index < -0.39 is 0 Å². The molecule has 1 aliphatic carbocycles. The average Bonchev–Trinajstić information content (AvgIpc) is 3.54. The van der Waals surface area contributed by atoms with Gasteiger partial charge in [-0.2, -0.15) is 0 Å². The number of aromatic nitrogens is 1. The van der Waals surface area contributed by atoms with E-state index in [1.165, 1.54) is 29.3 Å². The summed E-state index contributed by atoms with van der Waals surface area (Å²) in [6, 6.07) is 19.8. The van der Waals surface area contributed by atoms with Crippen molar-refractivity contribution in [1.29, 1.82) is 0 Å². The smallest absolute Gasteiger partial charge is 0.227 e. The molecule has 2 aliphatic rings. The van der Waals surface area contributed by atoms with Crippen molar-refractivity contribution in [1.82, 2.24) is 14.4 Å². The summed E-state index contributed by atoms with van der Waals surface area (Å²) in [6.45, 7) is 2.77. The second-order valence-electron chi connectivity index (χ2n) is 8.20. The normalized spacial score (nSPS) is 20.6. The van der Waals surface area contributed by atoms with Crippen molar-refractivity contribution in [3.63, 3.8) is 0 Å². The van der Waals surface area contributed by atoms with Crippen LogP contribution in [0.15, 0.2) is 60.8 Å². The van der Waals surface area contributed by atoms with E-state index in [0.29, 0.717) is 6.42 Å². The number of rotatable bonds is 4. The van der Waals surface area contributed by atoms with Crippen LogP contribution < -0.4 is 0 Å². The number of benzene rings is 2. The van der Waals surface area contributed by atoms with E-state index >= 15 is 0 Å². The van der Waals surface area contributed by atoms with Crippen LogP contribution in [0.3, 0.4) is 0 Å². The molecule has 3 aromatic rings. The first-order valence-electron chi connectivity index (χ1n) is 10.3. The standard InChI is InChI=1S/C24H27N3O/c1-25-16-19(21-9-5-6-10-22(21)25)15-24(28)27-14-13-26(20-11-12-20)17-23(27)18-7-3-2-4-8-18/h2-10,16,20,23H,11-15,17H2,1H3. The van der Waals surface area contributed by atoms with Gasteiger partial charge in [-0.3, -0.25) is 9.69 Å². The highest BCUT2D eigenvalue weighted by atomic mass is 16.2. The number of carbonyl (C=O) groups is 1. The predicted octanol–water partition coefficient (Wildman–Crippen LogP) is 3.77. The van der Waals surface area contributed by atoms with E-state index in [1.54, 1.807) is 0 Å². The van der Waals surface area contributed by atoms with Crippen molar-refractivity contribution in [3.8, 4) is 0 Å². The number of hydrogen-bond donors (Lipinski definition) is 0. The Morgan fingerprint density at radius 2 is 1.75 bits per heavy atom. The number of hydrogen-bond acceptors (Lipinski definition) is 2. The molecular formula is C24H27N3O. The fourth-order valence-corrected chi connectivity index (χ4v) is 4.67. The molecule has 0 bridgehead atoms. The third-order valence-electron chi connectivity index (χ3n) is 6.30. The molecule has 0 N–H and O–H groups in total. The Hall–Kier alpha value is -2.59. The van der Waals surface area contributed by atoms with Crippen LogP contribution in [0.4, 0.5) is 0 Å². The molecule has 2 aromatic carbocycles. The van der Waals surface area contributed by atoms with E-state index in [9.17, 15) is 4.79 Å². The van der Waals surface area contributed by atoms with Gasteiger partial charge >= 0.3 is 0 Å². The van der Waals surface area contributed by atoms with Crippen molar-refractivity contribution < 1.29 is 4.79 Å². The van der Waals surface area contributed by atoms with Crippen molar-refractivity contribution in [2.75, 3.05) is 19.6 Å². The topological polar surface area (TPSA) is 28.5 Å². The fraction of sp³-hybridized carbons (Fsp3) is 0.375. The van der Waals surface area contributed by atoms with E-state index in [1.807, 2.05) is 6.07 Å². The minimum atomic E-state index is 0.151. The van der Waals surface area contributed by atoms with Gasteiger partial charge in [0.25, 0.3) is 0 Å². The lowest BCUT2D eigenvalue weighted by Crippen LogP contribution is -2.51. The summed E-state index contributed by atoms with van der Waals surface area (Å²) in [5, 5.41) is 1.19. The maximum Gasteiger partial charge on any atom is 0.227 e. The minimum absolute atomic E-state index is 0.151. The fourth-order valence-electron chi connectivity index (χ4n) is 4.67. The second kappa shape index (κ2) is 7.10. The highest BCUT2D eigenvalue weighted by Gasteiger charge is 2.37. The van der Waals surface area contributed by atoms with Gasteiger partial charge in [-0.05, 0) is 30.0 Å². The molecule has 1 aliphatic heterocycles. The molecule has 0 radical (unpaired) electrons. The van der Waals surface area contributed by atoms with E-state index in [0.717, 1.165) is 31.2 Å². The Labute approximate surface area is 166 Å². The van der Waals surface area contributed by atoms with Gasteiger partial charge in [0.2, 0.25) is 5.91 Å². The molecule has 2 fully saturated rings. The molecule has 0 spiro atoms. The molecule has 1 unspecified atom stereocenters. The Balaban J connectivity index is 1.41. The predicted molar refractivity (Wildman–Crippen MR) is 112 cm³/mol. The maximum atomic E-state index is 13.4. The van der Waals surface area contributed by atoms with Gasteiger partial charge in [0.05, 0.1) is 12.5 Å². The lowest BCUT2D eigenvalue weighted by Gasteiger charge is -2.42. The van der Waals surface area contributed by atoms with E-state index in [2.05, 4.69) is 76.1 Å². The number of nitrogens with zero attached hydrogens (tertiary/aromatic N) is 3. The summed E-state index contributed by atoms with van der Waals surface area (Å²) >= 11 is 0. The van der Waals surface area contributed by atoms with Crippen LogP contribution in [0, 0.1) is 0 Å². The second-order valence-corrected chi connectivity index (χ2v) is 8.20. The summed E-state index contributed by atoms with van der Waals surface area (Å²) in [5.74, 6) is 0.237. The molecule has 4 heteroatoms. The van der Waals surface area contributed by atoms with Gasteiger partial charge in [0.1, 0.15) is 0 Å². The highest BCUT2D eigenvalue weighted by Crippen LogP contribution is 2.34. The molecule has 1 atom stereocenters. The van der Waals surface area contributed by atoms with Crippen LogP contribution in [0.1, 0.15) is 30.0 Å². The molecule has 4 nitrogen and oxygen atoms in total. The van der Waals surface area contributed by atoms with Gasteiger partial charge in [-0.15, -0.1) is 0 Å². The maximum absolute atomic E-state index is 13.4. The molecule has 1 saturated carbocycles. The minimum Gasteiger partial charge on any atom is -0.350 e. The van der Waals surface area contributed by atoms with Gasteiger partial charge in [-0.25, -0.2) is 0 Å². The third kappa shape index (κ3) is 3.22. The first kappa shape index (κ1) is 17.5. The molecule has 1 aromatic heterocycles. The summed E-state index contributed by atoms with van der Waals surface area (Å²) in [4.78, 5) is 18.1. The zero-order chi connectivity index (χ0) is 19.1. The number of amides is 1. The number of carbonyl (C=O) groups excluding carboxylic acids is 1. The number of piperazine rings is 1. The van der Waals surface area contributed by atoms with Gasteiger partial charge in [-0.1, -0.05) is 48.5 Å². The van der Waals surface area contributed by atoms with Crippen molar-refractivity contribution >= 4 is 16.8 Å². The van der Waals surface area contributed by atoms with Crippen LogP contribution in [-0.2, 0) is 18.3 Å². The molecule has 1 amide bonds. The van der Waals surface area contributed by atoms with Gasteiger partial charge < -0.3 is 9.47 Å². The summed E-state index contributed by atoms with van der Waals surface area (Å²) in [6.07, 6.45) is 5.20. The zero-order valence-electron chi connectivity index (χ0n) is 16.4. The molecule has 28 heavy (non-hydrogen) atoms. The monoisotopic (exact) mass is 373 g/mol. The molecule has 144 valence electrons. The van der Waals surface area contributed by atoms with Gasteiger partial charge in [0, 0.05) is 49.8 Å². The highest BCUT2D eigenvalue weighted by molar-refractivity contribution is 5.89. The summed E-state index contributed by atoms with van der Waals surface area (Å²) in [7, 11) is 2.05. The SMILES string of the molecule is Cn1cc(CC(=O)N2CCN(C3CC3)CC2c2ccccc2)c2ccccc21. The number of para-hydroxylation sites is 1. The molecular weight excluding hydrogens is 346 g/mol. The van der Waals surface area contributed by atoms with Crippen LogP contribution in [-0.4, -0.2) is 46.0 Å². The quantitative estimate of drug-likeness (QED) is 0.696.